The smallest absolute Gasteiger partial charge is 0.105 e. The third kappa shape index (κ3) is 3.72. The lowest BCUT2D eigenvalue weighted by molar-refractivity contribution is -0.0278. The summed E-state index contributed by atoms with van der Waals surface area (Å²) in [4.78, 5) is 0. The van der Waals surface area contributed by atoms with Gasteiger partial charge in [0.25, 0.3) is 0 Å². The number of hydrogen-bond donors (Lipinski definition) is 2. The molecular weight excluding hydrogens is 202 g/mol. The van der Waals surface area contributed by atoms with Crippen molar-refractivity contribution < 1.29 is 9.84 Å². The van der Waals surface area contributed by atoms with E-state index in [0.717, 1.165) is 12.8 Å². The van der Waals surface area contributed by atoms with Crippen LogP contribution in [0, 0.1) is 0 Å². The molecule has 0 bridgehead atoms. The number of hydrogen-bond acceptors (Lipinski definition) is 3. The summed E-state index contributed by atoms with van der Waals surface area (Å²) in [7, 11) is 0. The monoisotopic (exact) mass is 229 g/mol. The van der Waals surface area contributed by atoms with Crippen LogP contribution in [-0.2, 0) is 4.74 Å². The first-order valence-corrected chi connectivity index (χ1v) is 6.69. The Morgan fingerprint density at radius 3 is 2.75 bits per heavy atom. The van der Waals surface area contributed by atoms with Crippen molar-refractivity contribution in [2.24, 2.45) is 0 Å². The largest absolute Gasteiger partial charge is 0.386 e. The minimum Gasteiger partial charge on any atom is -0.386 e. The second-order valence-corrected chi connectivity index (χ2v) is 4.99. The van der Waals surface area contributed by atoms with Crippen molar-refractivity contribution in [2.75, 3.05) is 13.2 Å². The Labute approximate surface area is 99.6 Å². The first kappa shape index (κ1) is 13.9. The van der Waals surface area contributed by atoms with Gasteiger partial charge in [-0.25, -0.2) is 0 Å². The Kier molecular flexibility index (Phi) is 5.73. The molecule has 3 atom stereocenters. The molecular formula is C13H27NO2. The third-order valence-electron chi connectivity index (χ3n) is 3.76. The molecule has 0 aromatic carbocycles. The van der Waals surface area contributed by atoms with Crippen LogP contribution in [0.15, 0.2) is 0 Å². The quantitative estimate of drug-likeness (QED) is 0.702. The summed E-state index contributed by atoms with van der Waals surface area (Å²) < 4.78 is 5.43. The zero-order chi connectivity index (χ0) is 12.0. The zero-order valence-corrected chi connectivity index (χ0v) is 11.0. The lowest BCUT2D eigenvalue weighted by Gasteiger charge is -2.29. The van der Waals surface area contributed by atoms with Crippen molar-refractivity contribution in [1.29, 1.82) is 0 Å². The van der Waals surface area contributed by atoms with Crippen LogP contribution in [0.5, 0.6) is 0 Å². The van der Waals surface area contributed by atoms with Gasteiger partial charge in [-0.05, 0) is 19.8 Å². The van der Waals surface area contributed by atoms with E-state index in [-0.39, 0.29) is 6.10 Å². The Bertz CT molecular complexity index is 198. The third-order valence-corrected chi connectivity index (χ3v) is 3.76. The topological polar surface area (TPSA) is 41.5 Å². The summed E-state index contributed by atoms with van der Waals surface area (Å²) in [6.45, 7) is 7.72. The SMILES string of the molecule is CCCCC(CC)NCC1(O)CCOC1C. The van der Waals surface area contributed by atoms with E-state index in [4.69, 9.17) is 4.74 Å². The number of aliphatic hydroxyl groups is 1. The molecule has 0 aromatic rings. The summed E-state index contributed by atoms with van der Waals surface area (Å²) in [5, 5.41) is 13.8. The predicted octanol–water partition coefficient (Wildman–Crippen LogP) is 2.08. The maximum Gasteiger partial charge on any atom is 0.105 e. The van der Waals surface area contributed by atoms with Gasteiger partial charge in [-0.1, -0.05) is 26.7 Å². The summed E-state index contributed by atoms with van der Waals surface area (Å²) >= 11 is 0. The zero-order valence-electron chi connectivity index (χ0n) is 11.0. The summed E-state index contributed by atoms with van der Waals surface area (Å²) in [5.74, 6) is 0. The van der Waals surface area contributed by atoms with Gasteiger partial charge >= 0.3 is 0 Å². The molecule has 1 rings (SSSR count). The molecule has 1 fully saturated rings. The molecule has 0 saturated carbocycles. The average molecular weight is 229 g/mol. The second-order valence-electron chi connectivity index (χ2n) is 4.99. The van der Waals surface area contributed by atoms with Gasteiger partial charge in [-0.15, -0.1) is 0 Å². The molecule has 2 N–H and O–H groups in total. The fourth-order valence-corrected chi connectivity index (χ4v) is 2.23. The van der Waals surface area contributed by atoms with Gasteiger partial charge in [-0.3, -0.25) is 0 Å². The molecule has 1 aliphatic heterocycles. The van der Waals surface area contributed by atoms with E-state index in [1.165, 1.54) is 19.3 Å². The molecule has 0 amide bonds. The van der Waals surface area contributed by atoms with Crippen LogP contribution < -0.4 is 5.32 Å². The summed E-state index contributed by atoms with van der Waals surface area (Å²) in [6.07, 6.45) is 5.55. The molecule has 1 aliphatic rings. The van der Waals surface area contributed by atoms with E-state index < -0.39 is 5.60 Å². The highest BCUT2D eigenvalue weighted by Crippen LogP contribution is 2.25. The van der Waals surface area contributed by atoms with Gasteiger partial charge in [-0.2, -0.15) is 0 Å². The van der Waals surface area contributed by atoms with Crippen LogP contribution in [0.1, 0.15) is 52.9 Å². The van der Waals surface area contributed by atoms with E-state index in [2.05, 4.69) is 19.2 Å². The summed E-state index contributed by atoms with van der Waals surface area (Å²) in [5.41, 5.74) is -0.653. The number of ether oxygens (including phenoxy) is 1. The highest BCUT2D eigenvalue weighted by Gasteiger charge is 2.39. The molecule has 1 heterocycles. The van der Waals surface area contributed by atoms with Crippen molar-refractivity contribution >= 4 is 0 Å². The van der Waals surface area contributed by atoms with Crippen LogP contribution in [-0.4, -0.2) is 36.0 Å². The Morgan fingerprint density at radius 1 is 1.50 bits per heavy atom. The average Bonchev–Trinajstić information content (AvgIpc) is 2.60. The maximum absolute atomic E-state index is 10.3. The van der Waals surface area contributed by atoms with Crippen molar-refractivity contribution in [3.8, 4) is 0 Å². The standard InChI is InChI=1S/C13H27NO2/c1-4-6-7-12(5-2)14-10-13(15)8-9-16-11(13)3/h11-12,14-15H,4-10H2,1-3H3. The molecule has 0 radical (unpaired) electrons. The molecule has 0 aliphatic carbocycles. The fraction of sp³-hybridized carbons (Fsp3) is 1.00. The van der Waals surface area contributed by atoms with Gasteiger partial charge < -0.3 is 15.2 Å². The van der Waals surface area contributed by atoms with Gasteiger partial charge in [0.15, 0.2) is 0 Å². The van der Waals surface area contributed by atoms with Crippen molar-refractivity contribution in [3.05, 3.63) is 0 Å². The van der Waals surface area contributed by atoms with E-state index in [1.54, 1.807) is 0 Å². The Balaban J connectivity index is 2.30. The minimum absolute atomic E-state index is 0.0383. The molecule has 96 valence electrons. The lowest BCUT2D eigenvalue weighted by atomic mass is 9.95. The molecule has 3 nitrogen and oxygen atoms in total. The van der Waals surface area contributed by atoms with Crippen LogP contribution in [0.4, 0.5) is 0 Å². The molecule has 1 saturated heterocycles. The first-order chi connectivity index (χ1) is 7.62. The first-order valence-electron chi connectivity index (χ1n) is 6.69. The Hall–Kier alpha value is -0.120. The normalized spacial score (nSPS) is 31.9. The van der Waals surface area contributed by atoms with Gasteiger partial charge in [0.05, 0.1) is 6.10 Å². The van der Waals surface area contributed by atoms with Gasteiger partial charge in [0, 0.05) is 25.6 Å². The van der Waals surface area contributed by atoms with Crippen molar-refractivity contribution in [3.63, 3.8) is 0 Å². The predicted molar refractivity (Wildman–Crippen MR) is 66.6 cm³/mol. The van der Waals surface area contributed by atoms with Crippen LogP contribution >= 0.6 is 0 Å². The molecule has 16 heavy (non-hydrogen) atoms. The van der Waals surface area contributed by atoms with Crippen LogP contribution in [0.2, 0.25) is 0 Å². The van der Waals surface area contributed by atoms with E-state index in [0.29, 0.717) is 19.2 Å². The molecule has 3 heteroatoms. The molecule has 0 spiro atoms. The minimum atomic E-state index is -0.653. The maximum atomic E-state index is 10.3. The highest BCUT2D eigenvalue weighted by molar-refractivity contribution is 4.92. The molecule has 3 unspecified atom stereocenters. The van der Waals surface area contributed by atoms with Gasteiger partial charge in [0.2, 0.25) is 0 Å². The second kappa shape index (κ2) is 6.58. The van der Waals surface area contributed by atoms with Crippen LogP contribution in [0.3, 0.4) is 0 Å². The number of rotatable bonds is 7. The molecule has 0 aromatic heterocycles. The highest BCUT2D eigenvalue weighted by atomic mass is 16.5. The lowest BCUT2D eigenvalue weighted by Crippen LogP contribution is -2.48. The van der Waals surface area contributed by atoms with Gasteiger partial charge in [0.1, 0.15) is 5.60 Å². The number of nitrogens with one attached hydrogen (secondary N) is 1. The van der Waals surface area contributed by atoms with E-state index in [1.807, 2.05) is 6.92 Å². The fourth-order valence-electron chi connectivity index (χ4n) is 2.23. The Morgan fingerprint density at radius 2 is 2.25 bits per heavy atom. The van der Waals surface area contributed by atoms with E-state index in [9.17, 15) is 5.11 Å². The van der Waals surface area contributed by atoms with Crippen molar-refractivity contribution in [1.82, 2.24) is 5.32 Å². The van der Waals surface area contributed by atoms with E-state index >= 15 is 0 Å². The summed E-state index contributed by atoms with van der Waals surface area (Å²) in [6, 6.07) is 0.539. The van der Waals surface area contributed by atoms with Crippen LogP contribution in [0.25, 0.3) is 0 Å². The van der Waals surface area contributed by atoms with Crippen molar-refractivity contribution in [2.45, 2.75) is 70.6 Å². The number of unbranched alkanes of at least 4 members (excludes halogenated alkanes) is 1.